The Bertz CT molecular complexity index is 654. The van der Waals surface area contributed by atoms with Crippen molar-refractivity contribution in [3.63, 3.8) is 0 Å². The number of nitrogens with one attached hydrogen (secondary N) is 1. The highest BCUT2D eigenvalue weighted by Gasteiger charge is 2.28. The number of benzene rings is 1. The molecule has 0 radical (unpaired) electrons. The largest absolute Gasteiger partial charge is 0.354 e. The van der Waals surface area contributed by atoms with E-state index in [1.165, 1.54) is 4.31 Å². The van der Waals surface area contributed by atoms with Crippen LogP contribution >= 0.6 is 11.6 Å². The second-order valence-corrected chi connectivity index (χ2v) is 8.56. The van der Waals surface area contributed by atoms with Crippen molar-refractivity contribution in [2.75, 3.05) is 39.3 Å². The van der Waals surface area contributed by atoms with Crippen molar-refractivity contribution in [2.45, 2.75) is 24.1 Å². The van der Waals surface area contributed by atoms with E-state index in [-0.39, 0.29) is 5.91 Å². The molecule has 0 aliphatic carbocycles. The van der Waals surface area contributed by atoms with Crippen molar-refractivity contribution in [3.05, 3.63) is 29.8 Å². The van der Waals surface area contributed by atoms with E-state index in [1.807, 2.05) is 19.1 Å². The Kier molecular flexibility index (Phi) is 6.62. The molecule has 1 aliphatic heterocycles. The first-order valence-corrected chi connectivity index (χ1v) is 9.89. The molecule has 6 nitrogen and oxygen atoms in total. The molecule has 24 heavy (non-hydrogen) atoms. The Morgan fingerprint density at radius 1 is 1.21 bits per heavy atom. The molecular weight excluding hydrogens is 350 g/mol. The minimum absolute atomic E-state index is 0.183. The Hall–Kier alpha value is -1.15. The molecule has 0 saturated carbocycles. The first kappa shape index (κ1) is 19.2. The van der Waals surface area contributed by atoms with Crippen LogP contribution in [0.5, 0.6) is 0 Å². The third-order valence-electron chi connectivity index (χ3n) is 4.08. The van der Waals surface area contributed by atoms with Gasteiger partial charge in [0.2, 0.25) is 15.9 Å². The zero-order valence-corrected chi connectivity index (χ0v) is 15.6. The highest BCUT2D eigenvalue weighted by molar-refractivity contribution is 7.89. The molecule has 1 unspecified atom stereocenters. The Labute approximate surface area is 148 Å². The molecule has 0 aromatic heterocycles. The van der Waals surface area contributed by atoms with Gasteiger partial charge in [0.25, 0.3) is 0 Å². The lowest BCUT2D eigenvalue weighted by Crippen LogP contribution is -2.50. The topological polar surface area (TPSA) is 69.7 Å². The molecule has 0 spiro atoms. The van der Waals surface area contributed by atoms with Gasteiger partial charge in [0.05, 0.1) is 4.90 Å². The third-order valence-corrected chi connectivity index (χ3v) is 6.19. The van der Waals surface area contributed by atoms with Gasteiger partial charge in [-0.25, -0.2) is 8.42 Å². The van der Waals surface area contributed by atoms with Crippen LogP contribution in [0.25, 0.3) is 0 Å². The highest BCUT2D eigenvalue weighted by atomic mass is 35.5. The summed E-state index contributed by atoms with van der Waals surface area (Å²) in [5, 5.41) is 2.22. The van der Waals surface area contributed by atoms with Gasteiger partial charge in [0.1, 0.15) is 5.38 Å². The van der Waals surface area contributed by atoms with Crippen molar-refractivity contribution in [1.82, 2.24) is 14.5 Å². The van der Waals surface area contributed by atoms with E-state index in [2.05, 4.69) is 10.2 Å². The molecule has 0 bridgehead atoms. The summed E-state index contributed by atoms with van der Waals surface area (Å²) in [6.45, 7) is 6.97. The number of hydrogen-bond acceptors (Lipinski definition) is 4. The number of hydrogen-bond donors (Lipinski definition) is 1. The molecule has 1 aromatic rings. The number of carbonyl (C=O) groups excluding carboxylic acids is 1. The van der Waals surface area contributed by atoms with E-state index in [0.717, 1.165) is 5.56 Å². The fraction of sp³-hybridized carbons (Fsp3) is 0.562. The molecule has 1 aromatic carbocycles. The van der Waals surface area contributed by atoms with Crippen molar-refractivity contribution >= 4 is 27.5 Å². The van der Waals surface area contributed by atoms with Crippen LogP contribution in [0.4, 0.5) is 0 Å². The van der Waals surface area contributed by atoms with Crippen molar-refractivity contribution in [1.29, 1.82) is 0 Å². The summed E-state index contributed by atoms with van der Waals surface area (Å²) in [5.41, 5.74) is 1.03. The van der Waals surface area contributed by atoms with E-state index < -0.39 is 15.4 Å². The lowest BCUT2D eigenvalue weighted by atomic mass is 10.2. The Morgan fingerprint density at radius 3 is 2.33 bits per heavy atom. The SMILES string of the molecule is Cc1ccc(S(=O)(=O)N2CCN(CCNC(=O)C(C)Cl)CC2)cc1. The van der Waals surface area contributed by atoms with Crippen LogP contribution in [-0.2, 0) is 14.8 Å². The van der Waals surface area contributed by atoms with E-state index in [4.69, 9.17) is 11.6 Å². The fourth-order valence-corrected chi connectivity index (χ4v) is 4.03. The highest BCUT2D eigenvalue weighted by Crippen LogP contribution is 2.18. The van der Waals surface area contributed by atoms with Crippen LogP contribution < -0.4 is 5.32 Å². The first-order chi connectivity index (χ1) is 11.3. The lowest BCUT2D eigenvalue weighted by molar-refractivity contribution is -0.120. The fourth-order valence-electron chi connectivity index (χ4n) is 2.53. The summed E-state index contributed by atoms with van der Waals surface area (Å²) in [5.74, 6) is -0.183. The van der Waals surface area contributed by atoms with Crippen molar-refractivity contribution < 1.29 is 13.2 Å². The summed E-state index contributed by atoms with van der Waals surface area (Å²) in [4.78, 5) is 13.9. The normalized spacial score (nSPS) is 18.3. The zero-order valence-electron chi connectivity index (χ0n) is 14.0. The van der Waals surface area contributed by atoms with Crippen molar-refractivity contribution in [3.8, 4) is 0 Å². The van der Waals surface area contributed by atoms with Crippen LogP contribution in [0, 0.1) is 6.92 Å². The molecule has 1 saturated heterocycles. The summed E-state index contributed by atoms with van der Waals surface area (Å²) in [7, 11) is -3.43. The third kappa shape index (κ3) is 4.92. The van der Waals surface area contributed by atoms with Gasteiger partial charge in [-0.2, -0.15) is 4.31 Å². The zero-order chi connectivity index (χ0) is 17.7. The van der Waals surface area contributed by atoms with E-state index in [1.54, 1.807) is 19.1 Å². The quantitative estimate of drug-likeness (QED) is 0.756. The van der Waals surface area contributed by atoms with Gasteiger partial charge in [-0.05, 0) is 26.0 Å². The van der Waals surface area contributed by atoms with Crippen molar-refractivity contribution in [2.24, 2.45) is 0 Å². The maximum absolute atomic E-state index is 12.6. The molecule has 1 atom stereocenters. The Balaban J connectivity index is 1.84. The molecule has 2 rings (SSSR count). The summed E-state index contributed by atoms with van der Waals surface area (Å²) >= 11 is 5.69. The molecular formula is C16H24ClN3O3S. The van der Waals surface area contributed by atoms with E-state index in [0.29, 0.717) is 44.2 Å². The average Bonchev–Trinajstić information content (AvgIpc) is 2.55. The number of aryl methyl sites for hydroxylation is 1. The van der Waals surface area contributed by atoms with Gasteiger partial charge in [-0.1, -0.05) is 17.7 Å². The number of halogens is 1. The van der Waals surface area contributed by atoms with Gasteiger partial charge in [-0.3, -0.25) is 9.69 Å². The first-order valence-electron chi connectivity index (χ1n) is 8.01. The summed E-state index contributed by atoms with van der Waals surface area (Å²) in [6.07, 6.45) is 0. The number of carbonyl (C=O) groups is 1. The van der Waals surface area contributed by atoms with Crippen LogP contribution in [0.3, 0.4) is 0 Å². The average molecular weight is 374 g/mol. The number of amides is 1. The number of piperazine rings is 1. The maximum Gasteiger partial charge on any atom is 0.243 e. The predicted molar refractivity (Wildman–Crippen MR) is 94.7 cm³/mol. The molecule has 1 fully saturated rings. The van der Waals surface area contributed by atoms with Crippen LogP contribution in [-0.4, -0.2) is 68.2 Å². The molecule has 1 aliphatic rings. The van der Waals surface area contributed by atoms with Gasteiger partial charge >= 0.3 is 0 Å². The number of sulfonamides is 1. The second kappa shape index (κ2) is 8.29. The second-order valence-electron chi connectivity index (χ2n) is 5.97. The van der Waals surface area contributed by atoms with E-state index in [9.17, 15) is 13.2 Å². The minimum atomic E-state index is -3.43. The van der Waals surface area contributed by atoms with Crippen LogP contribution in [0.15, 0.2) is 29.2 Å². The Morgan fingerprint density at radius 2 is 1.79 bits per heavy atom. The molecule has 1 amide bonds. The van der Waals surface area contributed by atoms with Crippen LogP contribution in [0.2, 0.25) is 0 Å². The van der Waals surface area contributed by atoms with Gasteiger partial charge < -0.3 is 5.32 Å². The van der Waals surface area contributed by atoms with Gasteiger partial charge in [0, 0.05) is 39.3 Å². The molecule has 1 N–H and O–H groups in total. The standard InChI is InChI=1S/C16H24ClN3O3S/c1-13-3-5-15(6-4-13)24(22,23)20-11-9-19(10-12-20)8-7-18-16(21)14(2)17/h3-6,14H,7-12H2,1-2H3,(H,18,21). The number of rotatable bonds is 6. The van der Waals surface area contributed by atoms with E-state index >= 15 is 0 Å². The number of nitrogens with zero attached hydrogens (tertiary/aromatic N) is 2. The predicted octanol–water partition coefficient (Wildman–Crippen LogP) is 1.04. The maximum atomic E-state index is 12.6. The monoisotopic (exact) mass is 373 g/mol. The summed E-state index contributed by atoms with van der Waals surface area (Å²) < 4.78 is 26.8. The number of alkyl halides is 1. The molecule has 1 heterocycles. The minimum Gasteiger partial charge on any atom is -0.354 e. The molecule has 8 heteroatoms. The van der Waals surface area contributed by atoms with Crippen LogP contribution in [0.1, 0.15) is 12.5 Å². The smallest absolute Gasteiger partial charge is 0.243 e. The lowest BCUT2D eigenvalue weighted by Gasteiger charge is -2.34. The van der Waals surface area contributed by atoms with Gasteiger partial charge in [-0.15, -0.1) is 11.6 Å². The summed E-state index contributed by atoms with van der Waals surface area (Å²) in [6, 6.07) is 6.92. The molecule has 134 valence electrons. The van der Waals surface area contributed by atoms with Gasteiger partial charge in [0.15, 0.2) is 0 Å².